The van der Waals surface area contributed by atoms with Gasteiger partial charge in [0.15, 0.2) is 0 Å². The normalized spacial score (nSPS) is 22.6. The number of hydrogen-bond acceptors (Lipinski definition) is 6. The van der Waals surface area contributed by atoms with Gasteiger partial charge in [0, 0.05) is 42.6 Å². The van der Waals surface area contributed by atoms with Gasteiger partial charge in [0.2, 0.25) is 0 Å². The molecule has 2 N–H and O–H groups in total. The van der Waals surface area contributed by atoms with Crippen molar-refractivity contribution in [1.29, 1.82) is 0 Å². The summed E-state index contributed by atoms with van der Waals surface area (Å²) in [6.07, 6.45) is 4.20. The van der Waals surface area contributed by atoms with Crippen molar-refractivity contribution in [3.63, 3.8) is 0 Å². The van der Waals surface area contributed by atoms with Crippen molar-refractivity contribution in [2.45, 2.75) is 38.4 Å². The second kappa shape index (κ2) is 6.32. The van der Waals surface area contributed by atoms with Crippen LogP contribution in [0.25, 0.3) is 4.85 Å². The summed E-state index contributed by atoms with van der Waals surface area (Å²) in [7, 11) is 0. The second-order valence-electron chi connectivity index (χ2n) is 7.39. The number of aliphatic imine (C=N–C) groups is 1. The van der Waals surface area contributed by atoms with Crippen LogP contribution in [0.1, 0.15) is 29.5 Å². The van der Waals surface area contributed by atoms with E-state index in [1.807, 2.05) is 19.2 Å². The van der Waals surface area contributed by atoms with Crippen LogP contribution >= 0.6 is 0 Å². The fourth-order valence-corrected chi connectivity index (χ4v) is 4.26. The standard InChI is InChI=1S/C20H21N7/c1-12-18(21-2)25-20(27-16-5-6-17(27)11-23-10-16)26-19(12)24-15-4-3-13-8-22-9-14(13)7-15/h3-4,7,9,16-17,23H,5-6,8,10-11H2,1H3,(H,24,25,26). The van der Waals surface area contributed by atoms with Crippen LogP contribution in [0, 0.1) is 13.5 Å². The van der Waals surface area contributed by atoms with Crippen LogP contribution in [0.4, 0.5) is 23.3 Å². The van der Waals surface area contributed by atoms with Crippen molar-refractivity contribution < 1.29 is 0 Å². The number of rotatable bonds is 3. The lowest BCUT2D eigenvalue weighted by Crippen LogP contribution is -2.52. The average molecular weight is 359 g/mol. The van der Waals surface area contributed by atoms with Gasteiger partial charge in [0.1, 0.15) is 5.82 Å². The van der Waals surface area contributed by atoms with Crippen LogP contribution in [0.5, 0.6) is 0 Å². The van der Waals surface area contributed by atoms with Gasteiger partial charge >= 0.3 is 5.95 Å². The maximum absolute atomic E-state index is 7.55. The lowest BCUT2D eigenvalue weighted by molar-refractivity contribution is 0.477. The van der Waals surface area contributed by atoms with Gasteiger partial charge in [0.05, 0.1) is 6.54 Å². The summed E-state index contributed by atoms with van der Waals surface area (Å²) in [5.74, 6) is 1.80. The number of anilines is 3. The zero-order valence-electron chi connectivity index (χ0n) is 15.2. The van der Waals surface area contributed by atoms with Gasteiger partial charge in [-0.2, -0.15) is 4.98 Å². The summed E-state index contributed by atoms with van der Waals surface area (Å²) in [6.45, 7) is 12.1. The van der Waals surface area contributed by atoms with E-state index >= 15 is 0 Å². The Morgan fingerprint density at radius 3 is 2.81 bits per heavy atom. The third-order valence-electron chi connectivity index (χ3n) is 5.73. The fraction of sp³-hybridized carbons (Fsp3) is 0.400. The molecular weight excluding hydrogens is 338 g/mol. The molecule has 0 saturated carbocycles. The molecule has 3 aliphatic rings. The Morgan fingerprint density at radius 2 is 2.04 bits per heavy atom. The third kappa shape index (κ3) is 2.73. The molecular formula is C20H21N7. The van der Waals surface area contributed by atoms with Crippen LogP contribution in [0.2, 0.25) is 0 Å². The van der Waals surface area contributed by atoms with Gasteiger partial charge in [-0.15, -0.1) is 0 Å². The quantitative estimate of drug-likeness (QED) is 0.825. The maximum Gasteiger partial charge on any atom is 0.324 e. The summed E-state index contributed by atoms with van der Waals surface area (Å²) in [4.78, 5) is 19.7. The number of benzene rings is 1. The van der Waals surface area contributed by atoms with Crippen LogP contribution in [-0.2, 0) is 6.54 Å². The molecule has 2 unspecified atom stereocenters. The van der Waals surface area contributed by atoms with Gasteiger partial charge in [-0.1, -0.05) is 17.6 Å². The average Bonchev–Trinajstić information content (AvgIpc) is 3.24. The van der Waals surface area contributed by atoms with Crippen molar-refractivity contribution >= 4 is 29.5 Å². The number of hydrogen-bond donors (Lipinski definition) is 2. The molecule has 5 rings (SSSR count). The van der Waals surface area contributed by atoms with Crippen LogP contribution in [0.3, 0.4) is 0 Å². The molecule has 136 valence electrons. The molecule has 3 aliphatic heterocycles. The molecule has 2 aromatic rings. The molecule has 4 heterocycles. The highest BCUT2D eigenvalue weighted by atomic mass is 15.4. The molecule has 7 heteroatoms. The summed E-state index contributed by atoms with van der Waals surface area (Å²) in [5, 5.41) is 6.89. The van der Waals surface area contributed by atoms with Crippen molar-refractivity contribution in [3.8, 4) is 0 Å². The first-order chi connectivity index (χ1) is 13.2. The molecule has 2 atom stereocenters. The third-order valence-corrected chi connectivity index (χ3v) is 5.73. The highest BCUT2D eigenvalue weighted by Crippen LogP contribution is 2.34. The van der Waals surface area contributed by atoms with E-state index < -0.39 is 0 Å². The Balaban J connectivity index is 1.52. The number of aromatic nitrogens is 2. The van der Waals surface area contributed by atoms with Crippen molar-refractivity contribution in [2.75, 3.05) is 23.3 Å². The lowest BCUT2D eigenvalue weighted by Gasteiger charge is -2.34. The largest absolute Gasteiger partial charge is 0.360 e. The zero-order chi connectivity index (χ0) is 18.4. The first-order valence-electron chi connectivity index (χ1n) is 9.38. The maximum atomic E-state index is 7.55. The molecule has 0 spiro atoms. The van der Waals surface area contributed by atoms with Crippen molar-refractivity contribution in [1.82, 2.24) is 15.3 Å². The van der Waals surface area contributed by atoms with E-state index in [-0.39, 0.29) is 0 Å². The van der Waals surface area contributed by atoms with Gasteiger partial charge in [-0.25, -0.2) is 0 Å². The SMILES string of the molecule is [C-]#[N+]c1nc(N2C3CCC2CNC3)nc(Nc2ccc3c(c2)C=NC3)c1C. The molecule has 0 aliphatic carbocycles. The number of fused-ring (bicyclic) bond motifs is 3. The fourth-order valence-electron chi connectivity index (χ4n) is 4.26. The van der Waals surface area contributed by atoms with Gasteiger partial charge in [0.25, 0.3) is 5.82 Å². The Kier molecular flexibility index (Phi) is 3.80. The van der Waals surface area contributed by atoms with Gasteiger partial charge in [-0.05, 0) is 43.0 Å². The van der Waals surface area contributed by atoms with Crippen molar-refractivity contribution in [2.24, 2.45) is 4.99 Å². The van der Waals surface area contributed by atoms with E-state index in [0.29, 0.717) is 29.7 Å². The summed E-state index contributed by atoms with van der Waals surface area (Å²) in [6, 6.07) is 7.04. The van der Waals surface area contributed by atoms with E-state index in [1.165, 1.54) is 5.56 Å². The van der Waals surface area contributed by atoms with E-state index in [1.54, 1.807) is 0 Å². The number of nitrogens with one attached hydrogen (secondary N) is 2. The summed E-state index contributed by atoms with van der Waals surface area (Å²) >= 11 is 0. The highest BCUT2D eigenvalue weighted by molar-refractivity contribution is 5.86. The predicted octanol–water partition coefficient (Wildman–Crippen LogP) is 2.95. The summed E-state index contributed by atoms with van der Waals surface area (Å²) < 4.78 is 0. The van der Waals surface area contributed by atoms with Crippen LogP contribution < -0.4 is 15.5 Å². The second-order valence-corrected chi connectivity index (χ2v) is 7.39. The molecule has 2 fully saturated rings. The monoisotopic (exact) mass is 359 g/mol. The Hall–Kier alpha value is -2.98. The van der Waals surface area contributed by atoms with Gasteiger partial charge in [-0.3, -0.25) is 4.99 Å². The minimum absolute atomic E-state index is 0.411. The van der Waals surface area contributed by atoms with Crippen LogP contribution in [0.15, 0.2) is 23.2 Å². The minimum atomic E-state index is 0.411. The Morgan fingerprint density at radius 1 is 1.22 bits per heavy atom. The summed E-state index contributed by atoms with van der Waals surface area (Å²) in [5.41, 5.74) is 4.11. The molecule has 27 heavy (non-hydrogen) atoms. The molecule has 2 bridgehead atoms. The minimum Gasteiger partial charge on any atom is -0.360 e. The van der Waals surface area contributed by atoms with Crippen LogP contribution in [-0.4, -0.2) is 41.4 Å². The number of nitrogens with zero attached hydrogens (tertiary/aromatic N) is 5. The Bertz CT molecular complexity index is 959. The van der Waals surface area contributed by atoms with E-state index in [9.17, 15) is 0 Å². The molecule has 0 amide bonds. The molecule has 1 aromatic carbocycles. The molecule has 2 saturated heterocycles. The molecule has 7 nitrogen and oxygen atoms in total. The predicted molar refractivity (Wildman–Crippen MR) is 106 cm³/mol. The molecule has 0 radical (unpaired) electrons. The smallest absolute Gasteiger partial charge is 0.324 e. The van der Waals surface area contributed by atoms with E-state index in [2.05, 4.69) is 42.5 Å². The number of piperazine rings is 1. The lowest BCUT2D eigenvalue weighted by atomic mass is 10.1. The highest BCUT2D eigenvalue weighted by Gasteiger charge is 2.40. The van der Waals surface area contributed by atoms with Crippen molar-refractivity contribution in [3.05, 3.63) is 46.3 Å². The topological polar surface area (TPSA) is 69.8 Å². The van der Waals surface area contributed by atoms with Gasteiger partial charge < -0.3 is 20.4 Å². The first kappa shape index (κ1) is 16.2. The first-order valence-corrected chi connectivity index (χ1v) is 9.38. The zero-order valence-corrected chi connectivity index (χ0v) is 15.2. The van der Waals surface area contributed by atoms with E-state index in [4.69, 9.17) is 11.6 Å². The molecule has 1 aromatic heterocycles. The Labute approximate surface area is 158 Å². The van der Waals surface area contributed by atoms with E-state index in [0.717, 1.165) is 49.3 Å².